The van der Waals surface area contributed by atoms with Crippen LogP contribution in [0.5, 0.6) is 0 Å². The number of fused-ring (bicyclic) bond motifs is 1. The van der Waals surface area contributed by atoms with Crippen molar-refractivity contribution < 1.29 is 9.84 Å². The minimum absolute atomic E-state index is 0.0294. The number of nitrogens with zero attached hydrogens (tertiary/aromatic N) is 4. The highest BCUT2D eigenvalue weighted by atomic mass is 16.5. The first-order valence-corrected chi connectivity index (χ1v) is 7.07. The van der Waals surface area contributed by atoms with Crippen LogP contribution in [0.3, 0.4) is 0 Å². The Labute approximate surface area is 127 Å². The Morgan fingerprint density at radius 1 is 1.14 bits per heavy atom. The van der Waals surface area contributed by atoms with E-state index in [4.69, 9.17) is 9.84 Å². The van der Waals surface area contributed by atoms with E-state index in [0.717, 1.165) is 22.5 Å². The molecule has 0 fully saturated rings. The molecule has 0 atom stereocenters. The predicted octanol–water partition coefficient (Wildman–Crippen LogP) is 1.24. The van der Waals surface area contributed by atoms with Gasteiger partial charge in [-0.2, -0.15) is 5.10 Å². The van der Waals surface area contributed by atoms with Gasteiger partial charge in [0, 0.05) is 6.54 Å². The van der Waals surface area contributed by atoms with Crippen molar-refractivity contribution in [3.63, 3.8) is 0 Å². The summed E-state index contributed by atoms with van der Waals surface area (Å²) in [7, 11) is 0. The molecule has 0 amide bonds. The summed E-state index contributed by atoms with van der Waals surface area (Å²) in [5, 5.41) is 17.1. The first-order valence-electron chi connectivity index (χ1n) is 7.07. The van der Waals surface area contributed by atoms with Crippen LogP contribution in [-0.2, 0) is 4.74 Å². The number of aromatic nitrogens is 4. The average molecular weight is 299 g/mol. The molecule has 0 saturated carbocycles. The maximum atomic E-state index is 8.66. The van der Waals surface area contributed by atoms with E-state index in [1.54, 1.807) is 10.9 Å². The SMILES string of the molecule is OCCOCCNc1ncnc2c1cnn2-c1ccccc1. The Hall–Kier alpha value is -2.51. The number of rotatable bonds is 7. The first-order chi connectivity index (χ1) is 10.9. The predicted molar refractivity (Wildman–Crippen MR) is 83.1 cm³/mol. The van der Waals surface area contributed by atoms with Gasteiger partial charge in [0.15, 0.2) is 5.65 Å². The van der Waals surface area contributed by atoms with Crippen molar-refractivity contribution in [3.05, 3.63) is 42.9 Å². The van der Waals surface area contributed by atoms with Crippen LogP contribution >= 0.6 is 0 Å². The van der Waals surface area contributed by atoms with Crippen molar-refractivity contribution >= 4 is 16.9 Å². The highest BCUT2D eigenvalue weighted by Gasteiger charge is 2.10. The third-order valence-corrected chi connectivity index (χ3v) is 3.14. The maximum Gasteiger partial charge on any atom is 0.168 e. The Morgan fingerprint density at radius 2 is 2.00 bits per heavy atom. The highest BCUT2D eigenvalue weighted by molar-refractivity contribution is 5.87. The Balaban J connectivity index is 1.80. The smallest absolute Gasteiger partial charge is 0.168 e. The molecule has 0 aliphatic rings. The second-order valence-electron chi connectivity index (χ2n) is 4.61. The van der Waals surface area contributed by atoms with Crippen LogP contribution in [0.1, 0.15) is 0 Å². The zero-order chi connectivity index (χ0) is 15.2. The Morgan fingerprint density at radius 3 is 2.82 bits per heavy atom. The van der Waals surface area contributed by atoms with Crippen LogP contribution in [0.4, 0.5) is 5.82 Å². The third-order valence-electron chi connectivity index (χ3n) is 3.14. The van der Waals surface area contributed by atoms with Gasteiger partial charge in [-0.3, -0.25) is 0 Å². The number of hydrogen-bond acceptors (Lipinski definition) is 6. The molecule has 2 heterocycles. The van der Waals surface area contributed by atoms with Crippen LogP contribution < -0.4 is 5.32 Å². The topological polar surface area (TPSA) is 85.1 Å². The molecule has 3 rings (SSSR count). The van der Waals surface area contributed by atoms with Crippen molar-refractivity contribution in [2.75, 3.05) is 31.7 Å². The van der Waals surface area contributed by atoms with Gasteiger partial charge in [-0.15, -0.1) is 0 Å². The van der Waals surface area contributed by atoms with Gasteiger partial charge in [-0.05, 0) is 12.1 Å². The zero-order valence-corrected chi connectivity index (χ0v) is 12.0. The largest absolute Gasteiger partial charge is 0.394 e. The van der Waals surface area contributed by atoms with Gasteiger partial charge in [0.25, 0.3) is 0 Å². The van der Waals surface area contributed by atoms with Gasteiger partial charge in [0.1, 0.15) is 12.1 Å². The van der Waals surface area contributed by atoms with E-state index >= 15 is 0 Å². The van der Waals surface area contributed by atoms with Crippen molar-refractivity contribution in [3.8, 4) is 5.69 Å². The lowest BCUT2D eigenvalue weighted by atomic mass is 10.3. The van der Waals surface area contributed by atoms with Gasteiger partial charge in [0.05, 0.1) is 37.1 Å². The number of aliphatic hydroxyl groups excluding tert-OH is 1. The van der Waals surface area contributed by atoms with E-state index < -0.39 is 0 Å². The standard InChI is InChI=1S/C15H17N5O2/c21-7-9-22-8-6-16-14-13-10-19-20(15(13)18-11-17-14)12-4-2-1-3-5-12/h1-5,10-11,21H,6-9H2,(H,16,17,18). The summed E-state index contributed by atoms with van der Waals surface area (Å²) >= 11 is 0. The fraction of sp³-hybridized carbons (Fsp3) is 0.267. The summed E-state index contributed by atoms with van der Waals surface area (Å²) in [6, 6.07) is 9.84. The summed E-state index contributed by atoms with van der Waals surface area (Å²) in [6.45, 7) is 1.47. The van der Waals surface area contributed by atoms with E-state index in [9.17, 15) is 0 Å². The van der Waals surface area contributed by atoms with Crippen molar-refractivity contribution in [1.82, 2.24) is 19.7 Å². The molecule has 7 nitrogen and oxygen atoms in total. The maximum absolute atomic E-state index is 8.66. The lowest BCUT2D eigenvalue weighted by molar-refractivity contribution is 0.0992. The molecule has 0 unspecified atom stereocenters. The van der Waals surface area contributed by atoms with Gasteiger partial charge >= 0.3 is 0 Å². The molecular formula is C15H17N5O2. The number of anilines is 1. The summed E-state index contributed by atoms with van der Waals surface area (Å²) < 4.78 is 7.00. The summed E-state index contributed by atoms with van der Waals surface area (Å²) in [4.78, 5) is 8.57. The molecule has 0 saturated heterocycles. The number of ether oxygens (including phenoxy) is 1. The van der Waals surface area contributed by atoms with Gasteiger partial charge < -0.3 is 15.2 Å². The molecule has 0 aliphatic carbocycles. The molecule has 3 aromatic rings. The van der Waals surface area contributed by atoms with Crippen LogP contribution in [0.15, 0.2) is 42.9 Å². The molecule has 0 spiro atoms. The van der Waals surface area contributed by atoms with E-state index in [1.165, 1.54) is 6.33 Å². The van der Waals surface area contributed by atoms with Gasteiger partial charge in [-0.25, -0.2) is 14.6 Å². The fourth-order valence-electron chi connectivity index (χ4n) is 2.15. The second kappa shape index (κ2) is 6.97. The van der Waals surface area contributed by atoms with Crippen LogP contribution in [0.25, 0.3) is 16.7 Å². The third kappa shape index (κ3) is 3.05. The highest BCUT2D eigenvalue weighted by Crippen LogP contribution is 2.21. The van der Waals surface area contributed by atoms with Crippen molar-refractivity contribution in [2.24, 2.45) is 0 Å². The minimum atomic E-state index is 0.0294. The molecule has 114 valence electrons. The summed E-state index contributed by atoms with van der Waals surface area (Å²) in [5.41, 5.74) is 1.70. The molecule has 0 radical (unpaired) electrons. The quantitative estimate of drug-likeness (QED) is 0.638. The molecule has 0 aliphatic heterocycles. The molecule has 22 heavy (non-hydrogen) atoms. The average Bonchev–Trinajstić information content (AvgIpc) is 3.00. The molecule has 7 heteroatoms. The van der Waals surface area contributed by atoms with Crippen LogP contribution in [-0.4, -0.2) is 51.2 Å². The van der Waals surface area contributed by atoms with Crippen LogP contribution in [0.2, 0.25) is 0 Å². The number of benzene rings is 1. The Bertz CT molecular complexity index is 729. The molecule has 1 aromatic carbocycles. The lowest BCUT2D eigenvalue weighted by Crippen LogP contribution is -2.12. The minimum Gasteiger partial charge on any atom is -0.394 e. The number of hydrogen-bond donors (Lipinski definition) is 2. The second-order valence-corrected chi connectivity index (χ2v) is 4.61. The lowest BCUT2D eigenvalue weighted by Gasteiger charge is -2.07. The van der Waals surface area contributed by atoms with E-state index in [2.05, 4.69) is 20.4 Å². The molecule has 2 aromatic heterocycles. The number of aliphatic hydroxyl groups is 1. The van der Waals surface area contributed by atoms with Gasteiger partial charge in [0.2, 0.25) is 0 Å². The summed E-state index contributed by atoms with van der Waals surface area (Å²) in [5.74, 6) is 0.722. The normalized spacial score (nSPS) is 11.0. The fourth-order valence-corrected chi connectivity index (χ4v) is 2.15. The van der Waals surface area contributed by atoms with E-state index in [1.807, 2.05) is 30.3 Å². The van der Waals surface area contributed by atoms with Crippen LogP contribution in [0, 0.1) is 0 Å². The zero-order valence-electron chi connectivity index (χ0n) is 12.0. The van der Waals surface area contributed by atoms with Gasteiger partial charge in [-0.1, -0.05) is 18.2 Å². The molecule has 0 bridgehead atoms. The molecular weight excluding hydrogens is 282 g/mol. The monoisotopic (exact) mass is 299 g/mol. The van der Waals surface area contributed by atoms with Crippen molar-refractivity contribution in [1.29, 1.82) is 0 Å². The van der Waals surface area contributed by atoms with E-state index in [-0.39, 0.29) is 6.61 Å². The summed E-state index contributed by atoms with van der Waals surface area (Å²) in [6.07, 6.45) is 3.26. The van der Waals surface area contributed by atoms with Crippen molar-refractivity contribution in [2.45, 2.75) is 0 Å². The first kappa shape index (κ1) is 14.4. The van der Waals surface area contributed by atoms with E-state index in [0.29, 0.717) is 19.8 Å². The Kier molecular flexibility index (Phi) is 4.57. The number of nitrogens with one attached hydrogen (secondary N) is 1. The molecule has 2 N–H and O–H groups in total. The number of para-hydroxylation sites is 1.